The quantitative estimate of drug-likeness (QED) is 0.782. The van der Waals surface area contributed by atoms with Gasteiger partial charge in [0.2, 0.25) is 0 Å². The summed E-state index contributed by atoms with van der Waals surface area (Å²) < 4.78 is 0. The standard InChI is InChI=1S/C13H16N2O/c14-7-10-1-3-11(4-2-10)8-15-9-13(16)12-5-6-12/h1-4,12-13,15-16H,5-6,8-9H2. The van der Waals surface area contributed by atoms with Crippen LogP contribution >= 0.6 is 0 Å². The molecule has 2 N–H and O–H groups in total. The smallest absolute Gasteiger partial charge is 0.0991 e. The summed E-state index contributed by atoms with van der Waals surface area (Å²) in [5, 5.41) is 21.5. The van der Waals surface area contributed by atoms with Crippen molar-refractivity contribution in [3.63, 3.8) is 0 Å². The molecule has 3 heteroatoms. The summed E-state index contributed by atoms with van der Waals surface area (Å²) in [7, 11) is 0. The summed E-state index contributed by atoms with van der Waals surface area (Å²) in [5.41, 5.74) is 1.82. The van der Waals surface area contributed by atoms with Crippen molar-refractivity contribution in [3.8, 4) is 6.07 Å². The van der Waals surface area contributed by atoms with Gasteiger partial charge in [-0.3, -0.25) is 0 Å². The van der Waals surface area contributed by atoms with E-state index in [0.717, 1.165) is 12.1 Å². The highest BCUT2D eigenvalue weighted by Crippen LogP contribution is 2.32. The normalized spacial score (nSPS) is 16.8. The highest BCUT2D eigenvalue weighted by molar-refractivity contribution is 5.31. The van der Waals surface area contributed by atoms with Crippen LogP contribution in [0, 0.1) is 17.2 Å². The molecule has 0 amide bonds. The topological polar surface area (TPSA) is 56.0 Å². The Bertz CT molecular complexity index is 376. The molecule has 1 fully saturated rings. The molecular weight excluding hydrogens is 200 g/mol. The van der Waals surface area contributed by atoms with Crippen molar-refractivity contribution in [2.45, 2.75) is 25.5 Å². The predicted molar refractivity (Wildman–Crippen MR) is 61.6 cm³/mol. The van der Waals surface area contributed by atoms with E-state index in [-0.39, 0.29) is 6.10 Å². The Labute approximate surface area is 95.7 Å². The molecule has 1 unspecified atom stereocenters. The lowest BCUT2D eigenvalue weighted by atomic mass is 10.1. The Hall–Kier alpha value is -1.37. The summed E-state index contributed by atoms with van der Waals surface area (Å²) in [6.45, 7) is 1.40. The molecule has 1 aliphatic rings. The minimum absolute atomic E-state index is 0.196. The number of rotatable bonds is 5. The van der Waals surface area contributed by atoms with Crippen molar-refractivity contribution in [1.29, 1.82) is 5.26 Å². The Morgan fingerprint density at radius 2 is 2.06 bits per heavy atom. The minimum atomic E-state index is -0.196. The van der Waals surface area contributed by atoms with Gasteiger partial charge in [-0.05, 0) is 36.5 Å². The number of nitrogens with zero attached hydrogens (tertiary/aromatic N) is 1. The first-order valence-electron chi connectivity index (χ1n) is 5.67. The maximum absolute atomic E-state index is 9.64. The number of nitrogens with one attached hydrogen (secondary N) is 1. The molecule has 0 aromatic heterocycles. The van der Waals surface area contributed by atoms with Crippen molar-refractivity contribution in [1.82, 2.24) is 5.32 Å². The third-order valence-corrected chi connectivity index (χ3v) is 2.93. The summed E-state index contributed by atoms with van der Waals surface area (Å²) in [4.78, 5) is 0. The number of aliphatic hydroxyl groups excluding tert-OH is 1. The summed E-state index contributed by atoms with van der Waals surface area (Å²) in [5.74, 6) is 0.522. The van der Waals surface area contributed by atoms with E-state index < -0.39 is 0 Å². The molecule has 2 rings (SSSR count). The zero-order chi connectivity index (χ0) is 11.4. The first kappa shape index (κ1) is 11.1. The Morgan fingerprint density at radius 1 is 1.38 bits per heavy atom. The molecular formula is C13H16N2O. The Balaban J connectivity index is 1.74. The molecule has 0 aliphatic heterocycles. The largest absolute Gasteiger partial charge is 0.392 e. The van der Waals surface area contributed by atoms with Gasteiger partial charge in [-0.1, -0.05) is 12.1 Å². The Kier molecular flexibility index (Phi) is 3.55. The molecule has 1 saturated carbocycles. The monoisotopic (exact) mass is 216 g/mol. The van der Waals surface area contributed by atoms with Crippen LogP contribution in [0.2, 0.25) is 0 Å². The van der Waals surface area contributed by atoms with Crippen LogP contribution in [0.3, 0.4) is 0 Å². The highest BCUT2D eigenvalue weighted by atomic mass is 16.3. The number of nitriles is 1. The van der Waals surface area contributed by atoms with Crippen molar-refractivity contribution < 1.29 is 5.11 Å². The van der Waals surface area contributed by atoms with Gasteiger partial charge < -0.3 is 10.4 Å². The van der Waals surface area contributed by atoms with E-state index in [0.29, 0.717) is 18.0 Å². The molecule has 1 aromatic carbocycles. The van der Waals surface area contributed by atoms with Gasteiger partial charge in [-0.2, -0.15) is 5.26 Å². The van der Waals surface area contributed by atoms with Crippen molar-refractivity contribution in [2.75, 3.05) is 6.54 Å². The van der Waals surface area contributed by atoms with Crippen LogP contribution in [0.25, 0.3) is 0 Å². The van der Waals surface area contributed by atoms with Gasteiger partial charge in [0.15, 0.2) is 0 Å². The van der Waals surface area contributed by atoms with E-state index in [4.69, 9.17) is 5.26 Å². The van der Waals surface area contributed by atoms with Crippen molar-refractivity contribution in [3.05, 3.63) is 35.4 Å². The summed E-state index contributed by atoms with van der Waals surface area (Å²) in [6.07, 6.45) is 2.14. The van der Waals surface area contributed by atoms with Gasteiger partial charge in [-0.25, -0.2) is 0 Å². The number of aliphatic hydroxyl groups is 1. The van der Waals surface area contributed by atoms with E-state index in [9.17, 15) is 5.11 Å². The molecule has 1 atom stereocenters. The van der Waals surface area contributed by atoms with Crippen LogP contribution in [0.15, 0.2) is 24.3 Å². The van der Waals surface area contributed by atoms with Crippen LogP contribution in [-0.4, -0.2) is 17.8 Å². The second-order valence-corrected chi connectivity index (χ2v) is 4.34. The van der Waals surface area contributed by atoms with E-state index >= 15 is 0 Å². The molecule has 3 nitrogen and oxygen atoms in total. The Morgan fingerprint density at radius 3 is 2.62 bits per heavy atom. The van der Waals surface area contributed by atoms with Crippen LogP contribution in [0.5, 0.6) is 0 Å². The number of hydrogen-bond donors (Lipinski definition) is 2. The predicted octanol–water partition coefficient (Wildman–Crippen LogP) is 1.42. The molecule has 1 aromatic rings. The zero-order valence-electron chi connectivity index (χ0n) is 9.19. The van der Waals surface area contributed by atoms with Crippen LogP contribution in [0.4, 0.5) is 0 Å². The van der Waals surface area contributed by atoms with Gasteiger partial charge in [0.25, 0.3) is 0 Å². The van der Waals surface area contributed by atoms with Crippen LogP contribution in [-0.2, 0) is 6.54 Å². The van der Waals surface area contributed by atoms with Gasteiger partial charge in [0, 0.05) is 13.1 Å². The van der Waals surface area contributed by atoms with E-state index in [1.54, 1.807) is 0 Å². The molecule has 16 heavy (non-hydrogen) atoms. The van der Waals surface area contributed by atoms with Gasteiger partial charge in [0.1, 0.15) is 0 Å². The van der Waals surface area contributed by atoms with E-state index in [1.165, 1.54) is 12.8 Å². The lowest BCUT2D eigenvalue weighted by molar-refractivity contribution is 0.148. The zero-order valence-corrected chi connectivity index (χ0v) is 9.19. The average molecular weight is 216 g/mol. The summed E-state index contributed by atoms with van der Waals surface area (Å²) in [6, 6.07) is 9.60. The van der Waals surface area contributed by atoms with Gasteiger partial charge in [-0.15, -0.1) is 0 Å². The van der Waals surface area contributed by atoms with Crippen LogP contribution in [0.1, 0.15) is 24.0 Å². The van der Waals surface area contributed by atoms with Crippen molar-refractivity contribution >= 4 is 0 Å². The fraction of sp³-hybridized carbons (Fsp3) is 0.462. The van der Waals surface area contributed by atoms with E-state index in [1.807, 2.05) is 24.3 Å². The molecule has 0 heterocycles. The summed E-state index contributed by atoms with van der Waals surface area (Å²) >= 11 is 0. The maximum atomic E-state index is 9.64. The number of benzene rings is 1. The third kappa shape index (κ3) is 3.06. The van der Waals surface area contributed by atoms with Crippen molar-refractivity contribution in [2.24, 2.45) is 5.92 Å². The molecule has 1 aliphatic carbocycles. The second-order valence-electron chi connectivity index (χ2n) is 4.34. The third-order valence-electron chi connectivity index (χ3n) is 2.93. The SMILES string of the molecule is N#Cc1ccc(CNCC(O)C2CC2)cc1. The lowest BCUT2D eigenvalue weighted by Gasteiger charge is -2.10. The molecule has 0 saturated heterocycles. The molecule has 0 spiro atoms. The first-order valence-corrected chi connectivity index (χ1v) is 5.67. The molecule has 0 bridgehead atoms. The maximum Gasteiger partial charge on any atom is 0.0991 e. The van der Waals surface area contributed by atoms with Crippen LogP contribution < -0.4 is 5.32 Å². The second kappa shape index (κ2) is 5.11. The fourth-order valence-corrected chi connectivity index (χ4v) is 1.71. The first-order chi connectivity index (χ1) is 7.79. The number of hydrogen-bond acceptors (Lipinski definition) is 3. The highest BCUT2D eigenvalue weighted by Gasteiger charge is 2.28. The van der Waals surface area contributed by atoms with Gasteiger partial charge >= 0.3 is 0 Å². The molecule has 84 valence electrons. The molecule has 0 radical (unpaired) electrons. The van der Waals surface area contributed by atoms with E-state index in [2.05, 4.69) is 11.4 Å². The lowest BCUT2D eigenvalue weighted by Crippen LogP contribution is -2.27. The average Bonchev–Trinajstić information content (AvgIpc) is 3.14. The fourth-order valence-electron chi connectivity index (χ4n) is 1.71. The minimum Gasteiger partial charge on any atom is -0.392 e. The van der Waals surface area contributed by atoms with Gasteiger partial charge in [0.05, 0.1) is 17.7 Å².